The third kappa shape index (κ3) is 4.01. The van der Waals surface area contributed by atoms with Crippen LogP contribution in [-0.2, 0) is 6.54 Å². The smallest absolute Gasteiger partial charge is 0.120 e. The van der Waals surface area contributed by atoms with Gasteiger partial charge in [0.05, 0.1) is 17.6 Å². The van der Waals surface area contributed by atoms with Gasteiger partial charge in [0.1, 0.15) is 5.75 Å². The molecule has 1 aromatic heterocycles. The molecule has 0 unspecified atom stereocenters. The van der Waals surface area contributed by atoms with E-state index in [1.54, 1.807) is 0 Å². The number of aromatic nitrogens is 1. The molecule has 112 valence electrons. The molecule has 0 aliphatic carbocycles. The molecule has 1 aromatic carbocycles. The summed E-state index contributed by atoms with van der Waals surface area (Å²) in [4.78, 5) is 0. The van der Waals surface area contributed by atoms with Crippen LogP contribution < -0.4 is 4.74 Å². The normalized spacial score (nSPS) is 11.8. The third-order valence-electron chi connectivity index (χ3n) is 3.62. The lowest BCUT2D eigenvalue weighted by Crippen LogP contribution is -2.09. The Balaban J connectivity index is 2.07. The average molecular weight is 284 g/mol. The van der Waals surface area contributed by atoms with Gasteiger partial charge >= 0.3 is 0 Å². The Morgan fingerprint density at radius 3 is 2.71 bits per heavy atom. The Labute approximate surface area is 127 Å². The van der Waals surface area contributed by atoms with Gasteiger partial charge in [-0.3, -0.25) is 0 Å². The van der Waals surface area contributed by atoms with Gasteiger partial charge in [0.25, 0.3) is 0 Å². The van der Waals surface area contributed by atoms with Gasteiger partial charge < -0.3 is 9.30 Å². The Bertz CT molecular complexity index is 647. The van der Waals surface area contributed by atoms with E-state index in [4.69, 9.17) is 10.00 Å². The molecule has 2 rings (SSSR count). The Hall–Kier alpha value is -1.95. The van der Waals surface area contributed by atoms with E-state index in [9.17, 15) is 0 Å². The molecule has 0 N–H and O–H groups in total. The van der Waals surface area contributed by atoms with Crippen LogP contribution in [0.3, 0.4) is 0 Å². The van der Waals surface area contributed by atoms with Crippen LogP contribution in [0.4, 0.5) is 0 Å². The highest BCUT2D eigenvalue weighted by molar-refractivity contribution is 5.81. The second-order valence-corrected chi connectivity index (χ2v) is 6.50. The largest absolute Gasteiger partial charge is 0.491 e. The number of hydrogen-bond donors (Lipinski definition) is 0. The standard InChI is InChI=1S/C18H24N2O/c1-14(2)21-16-6-7-17-15(12-16)8-11-20(17)10-5-9-18(3,4)13-19/h6-8,11-12,14H,5,9-10H2,1-4H3. The molecule has 21 heavy (non-hydrogen) atoms. The summed E-state index contributed by atoms with van der Waals surface area (Å²) in [7, 11) is 0. The van der Waals surface area contributed by atoms with Crippen LogP contribution in [0.15, 0.2) is 30.5 Å². The van der Waals surface area contributed by atoms with Gasteiger partial charge in [0.15, 0.2) is 0 Å². The van der Waals surface area contributed by atoms with Crippen molar-refractivity contribution in [3.63, 3.8) is 0 Å². The number of nitriles is 1. The molecule has 0 amide bonds. The second-order valence-electron chi connectivity index (χ2n) is 6.50. The van der Waals surface area contributed by atoms with Crippen molar-refractivity contribution < 1.29 is 4.74 Å². The Kier molecular flexibility index (Phi) is 4.57. The number of benzene rings is 1. The summed E-state index contributed by atoms with van der Waals surface area (Å²) in [5.41, 5.74) is 0.988. The van der Waals surface area contributed by atoms with Crippen molar-refractivity contribution in [2.45, 2.75) is 53.2 Å². The van der Waals surface area contributed by atoms with Gasteiger partial charge in [-0.05, 0) is 64.8 Å². The van der Waals surface area contributed by atoms with Crippen LogP contribution in [0.5, 0.6) is 5.75 Å². The van der Waals surface area contributed by atoms with E-state index in [2.05, 4.69) is 35.0 Å². The molecular weight excluding hydrogens is 260 g/mol. The second kappa shape index (κ2) is 6.22. The van der Waals surface area contributed by atoms with E-state index in [1.165, 1.54) is 10.9 Å². The molecule has 3 heteroatoms. The van der Waals surface area contributed by atoms with Gasteiger partial charge in [-0.2, -0.15) is 5.26 Å². The van der Waals surface area contributed by atoms with Crippen molar-refractivity contribution in [2.75, 3.05) is 0 Å². The predicted molar refractivity (Wildman–Crippen MR) is 86.3 cm³/mol. The summed E-state index contributed by atoms with van der Waals surface area (Å²) < 4.78 is 7.98. The van der Waals surface area contributed by atoms with E-state index in [1.807, 2.05) is 33.8 Å². The molecule has 0 radical (unpaired) electrons. The van der Waals surface area contributed by atoms with E-state index in [0.717, 1.165) is 25.1 Å². The van der Waals surface area contributed by atoms with Crippen molar-refractivity contribution >= 4 is 10.9 Å². The minimum atomic E-state index is -0.235. The number of nitrogens with zero attached hydrogens (tertiary/aromatic N) is 2. The summed E-state index contributed by atoms with van der Waals surface area (Å²) in [6.07, 6.45) is 4.23. The first kappa shape index (κ1) is 15.4. The summed E-state index contributed by atoms with van der Waals surface area (Å²) in [5, 5.41) is 10.3. The molecule has 0 saturated heterocycles. The Morgan fingerprint density at radius 2 is 2.05 bits per heavy atom. The minimum absolute atomic E-state index is 0.192. The van der Waals surface area contributed by atoms with Crippen molar-refractivity contribution in [3.8, 4) is 11.8 Å². The van der Waals surface area contributed by atoms with Gasteiger partial charge in [-0.1, -0.05) is 0 Å². The maximum Gasteiger partial charge on any atom is 0.120 e. The molecule has 0 bridgehead atoms. The number of hydrogen-bond acceptors (Lipinski definition) is 2. The number of rotatable bonds is 6. The number of ether oxygens (including phenoxy) is 1. The maximum absolute atomic E-state index is 9.05. The topological polar surface area (TPSA) is 38.0 Å². The summed E-state index contributed by atoms with van der Waals surface area (Å²) in [6, 6.07) is 10.7. The molecule has 0 fully saturated rings. The average Bonchev–Trinajstić information content (AvgIpc) is 2.80. The summed E-state index contributed by atoms with van der Waals surface area (Å²) in [5.74, 6) is 0.917. The first-order valence-electron chi connectivity index (χ1n) is 7.58. The fraction of sp³-hybridized carbons (Fsp3) is 0.500. The molecule has 2 aromatic rings. The van der Waals surface area contributed by atoms with E-state index < -0.39 is 0 Å². The highest BCUT2D eigenvalue weighted by Gasteiger charge is 2.15. The molecule has 0 atom stereocenters. The van der Waals surface area contributed by atoms with Crippen LogP contribution in [0.1, 0.15) is 40.5 Å². The zero-order valence-corrected chi connectivity index (χ0v) is 13.4. The van der Waals surface area contributed by atoms with Crippen molar-refractivity contribution in [1.82, 2.24) is 4.57 Å². The SMILES string of the molecule is CC(C)Oc1ccc2c(ccn2CCCC(C)(C)C#N)c1. The third-order valence-corrected chi connectivity index (χ3v) is 3.62. The van der Waals surface area contributed by atoms with Gasteiger partial charge in [0, 0.05) is 23.6 Å². The van der Waals surface area contributed by atoms with E-state index >= 15 is 0 Å². The quantitative estimate of drug-likeness (QED) is 0.767. The Morgan fingerprint density at radius 1 is 1.29 bits per heavy atom. The highest BCUT2D eigenvalue weighted by atomic mass is 16.5. The first-order valence-corrected chi connectivity index (χ1v) is 7.58. The summed E-state index contributed by atoms with van der Waals surface area (Å²) in [6.45, 7) is 9.00. The lowest BCUT2D eigenvalue weighted by molar-refractivity contribution is 0.243. The fourth-order valence-electron chi connectivity index (χ4n) is 2.47. The highest BCUT2D eigenvalue weighted by Crippen LogP contribution is 2.25. The zero-order chi connectivity index (χ0) is 15.5. The van der Waals surface area contributed by atoms with E-state index in [-0.39, 0.29) is 11.5 Å². The fourth-order valence-corrected chi connectivity index (χ4v) is 2.47. The van der Waals surface area contributed by atoms with Crippen molar-refractivity contribution in [2.24, 2.45) is 5.41 Å². The number of fused-ring (bicyclic) bond motifs is 1. The van der Waals surface area contributed by atoms with Crippen LogP contribution in [-0.4, -0.2) is 10.7 Å². The van der Waals surface area contributed by atoms with Crippen molar-refractivity contribution in [1.29, 1.82) is 5.26 Å². The van der Waals surface area contributed by atoms with Crippen LogP contribution in [0.2, 0.25) is 0 Å². The summed E-state index contributed by atoms with van der Waals surface area (Å²) >= 11 is 0. The molecule has 1 heterocycles. The van der Waals surface area contributed by atoms with Crippen molar-refractivity contribution in [3.05, 3.63) is 30.5 Å². The maximum atomic E-state index is 9.05. The molecular formula is C18H24N2O. The van der Waals surface area contributed by atoms with Gasteiger partial charge in [0.2, 0.25) is 0 Å². The first-order chi connectivity index (χ1) is 9.91. The van der Waals surface area contributed by atoms with Crippen LogP contribution in [0, 0.1) is 16.7 Å². The number of aryl methyl sites for hydroxylation is 1. The van der Waals surface area contributed by atoms with Gasteiger partial charge in [-0.25, -0.2) is 0 Å². The van der Waals surface area contributed by atoms with Gasteiger partial charge in [-0.15, -0.1) is 0 Å². The molecule has 0 saturated carbocycles. The molecule has 0 aliphatic heterocycles. The predicted octanol–water partition coefficient (Wildman–Crippen LogP) is 4.76. The van der Waals surface area contributed by atoms with Crippen LogP contribution in [0.25, 0.3) is 10.9 Å². The molecule has 3 nitrogen and oxygen atoms in total. The monoisotopic (exact) mass is 284 g/mol. The lowest BCUT2D eigenvalue weighted by atomic mass is 9.90. The van der Waals surface area contributed by atoms with Crippen LogP contribution >= 0.6 is 0 Å². The lowest BCUT2D eigenvalue weighted by Gasteiger charge is -2.15. The molecule has 0 spiro atoms. The minimum Gasteiger partial charge on any atom is -0.491 e. The molecule has 0 aliphatic rings. The zero-order valence-electron chi connectivity index (χ0n) is 13.4. The van der Waals surface area contributed by atoms with E-state index in [0.29, 0.717) is 0 Å².